The molecule has 1 rings (SSSR count). The minimum atomic E-state index is -1.23. The fourth-order valence-corrected chi connectivity index (χ4v) is 4.36. The molecule has 0 bridgehead atoms. The summed E-state index contributed by atoms with van der Waals surface area (Å²) >= 11 is 0. The molecule has 15 heteroatoms. The average molecular weight is 589 g/mol. The van der Waals surface area contributed by atoms with Gasteiger partial charge in [0, 0.05) is 78.5 Å². The summed E-state index contributed by atoms with van der Waals surface area (Å²) in [7, 11) is 0. The van der Waals surface area contributed by atoms with Crippen LogP contribution in [0.1, 0.15) is 33.1 Å². The highest BCUT2D eigenvalue weighted by molar-refractivity contribution is 5.85. The van der Waals surface area contributed by atoms with Crippen LogP contribution < -0.4 is 10.6 Å². The number of likely N-dealkylation sites (N-methyl/N-ethyl adjacent to an activating group) is 1. The summed E-state index contributed by atoms with van der Waals surface area (Å²) in [6.07, 6.45) is 0.541. The quantitative estimate of drug-likeness (QED) is 0.121. The molecule has 0 aliphatic carbocycles. The second kappa shape index (κ2) is 20.9. The normalized spacial score (nSPS) is 17.6. The Kier molecular flexibility index (Phi) is 18.5. The molecule has 1 atom stereocenters. The fraction of sp³-hybridized carbons (Fsp3) is 0.808. The molecule has 1 aliphatic heterocycles. The smallest absolute Gasteiger partial charge is 0.326 e. The van der Waals surface area contributed by atoms with Crippen LogP contribution in [0.2, 0.25) is 0 Å². The van der Waals surface area contributed by atoms with Crippen LogP contribution in [0.4, 0.5) is 0 Å². The van der Waals surface area contributed by atoms with E-state index in [9.17, 15) is 39.3 Å². The third kappa shape index (κ3) is 17.5. The Morgan fingerprint density at radius 1 is 0.732 bits per heavy atom. The molecule has 1 saturated heterocycles. The molecular formula is C26H48N6O9. The number of aliphatic carboxylic acids is 3. The second-order valence-electron chi connectivity index (χ2n) is 9.95. The van der Waals surface area contributed by atoms with Gasteiger partial charge in [0.05, 0.1) is 19.6 Å². The third-order valence-electron chi connectivity index (χ3n) is 6.75. The summed E-state index contributed by atoms with van der Waals surface area (Å²) in [5.41, 5.74) is 0. The van der Waals surface area contributed by atoms with Gasteiger partial charge in [-0.05, 0) is 26.3 Å². The lowest BCUT2D eigenvalue weighted by Crippen LogP contribution is -2.50. The van der Waals surface area contributed by atoms with Crippen molar-refractivity contribution in [3.8, 4) is 0 Å². The largest absolute Gasteiger partial charge is 0.480 e. The number of nitrogens with zero attached hydrogens (tertiary/aromatic N) is 4. The number of amides is 2. The van der Waals surface area contributed by atoms with E-state index in [2.05, 4.69) is 15.5 Å². The van der Waals surface area contributed by atoms with Crippen molar-refractivity contribution in [1.29, 1.82) is 0 Å². The van der Waals surface area contributed by atoms with E-state index in [1.165, 1.54) is 0 Å². The van der Waals surface area contributed by atoms with E-state index in [4.69, 9.17) is 4.74 Å². The minimum Gasteiger partial charge on any atom is -0.480 e. The Bertz CT molecular complexity index is 831. The monoisotopic (exact) mass is 588 g/mol. The van der Waals surface area contributed by atoms with Crippen LogP contribution in [0.25, 0.3) is 0 Å². The summed E-state index contributed by atoms with van der Waals surface area (Å²) in [4.78, 5) is 66.9. The first-order valence-electron chi connectivity index (χ1n) is 14.2. The highest BCUT2D eigenvalue weighted by Crippen LogP contribution is 2.03. The van der Waals surface area contributed by atoms with E-state index in [0.717, 1.165) is 6.54 Å². The maximum atomic E-state index is 12.9. The van der Waals surface area contributed by atoms with E-state index >= 15 is 0 Å². The van der Waals surface area contributed by atoms with Crippen molar-refractivity contribution in [3.63, 3.8) is 0 Å². The predicted molar refractivity (Wildman–Crippen MR) is 150 cm³/mol. The maximum Gasteiger partial charge on any atom is 0.326 e. The van der Waals surface area contributed by atoms with Gasteiger partial charge in [-0.1, -0.05) is 6.92 Å². The summed E-state index contributed by atoms with van der Waals surface area (Å²) in [6.45, 7) is 9.29. The van der Waals surface area contributed by atoms with Gasteiger partial charge in [-0.25, -0.2) is 4.79 Å². The summed E-state index contributed by atoms with van der Waals surface area (Å²) in [6, 6.07) is -1.22. The van der Waals surface area contributed by atoms with E-state index in [1.807, 2.05) is 18.7 Å². The van der Waals surface area contributed by atoms with Crippen molar-refractivity contribution in [2.45, 2.75) is 39.2 Å². The van der Waals surface area contributed by atoms with E-state index in [-0.39, 0.29) is 38.4 Å². The molecule has 5 N–H and O–H groups in total. The molecule has 0 aromatic rings. The third-order valence-corrected chi connectivity index (χ3v) is 6.75. The summed E-state index contributed by atoms with van der Waals surface area (Å²) in [5.74, 6) is -3.98. The van der Waals surface area contributed by atoms with E-state index in [0.29, 0.717) is 78.5 Å². The van der Waals surface area contributed by atoms with E-state index in [1.54, 1.807) is 9.80 Å². The molecule has 0 spiro atoms. The molecule has 0 unspecified atom stereocenters. The molecule has 236 valence electrons. The van der Waals surface area contributed by atoms with Crippen LogP contribution in [-0.2, 0) is 28.7 Å². The van der Waals surface area contributed by atoms with Crippen molar-refractivity contribution in [1.82, 2.24) is 30.2 Å². The molecule has 0 aromatic heterocycles. The first kappa shape index (κ1) is 36.2. The zero-order valence-electron chi connectivity index (χ0n) is 24.4. The summed E-state index contributed by atoms with van der Waals surface area (Å²) in [5, 5.41) is 33.4. The van der Waals surface area contributed by atoms with Crippen LogP contribution in [0.3, 0.4) is 0 Å². The number of nitrogens with one attached hydrogen (secondary N) is 2. The fourth-order valence-electron chi connectivity index (χ4n) is 4.36. The van der Waals surface area contributed by atoms with Gasteiger partial charge in [0.1, 0.15) is 6.04 Å². The SMILES string of the molecule is CCOCCCNC(=O)CC[C@H](NC(=O)CN1CCN(CC)CCN(CC(=O)O)CCN(CC(=O)O)CC1)C(=O)O. The van der Waals surface area contributed by atoms with Crippen molar-refractivity contribution in [2.24, 2.45) is 0 Å². The molecule has 0 saturated carbocycles. The molecule has 1 heterocycles. The Labute approximate surface area is 241 Å². The molecule has 1 fully saturated rings. The van der Waals surface area contributed by atoms with Crippen LogP contribution in [0.5, 0.6) is 0 Å². The van der Waals surface area contributed by atoms with Gasteiger partial charge in [-0.3, -0.25) is 33.9 Å². The highest BCUT2D eigenvalue weighted by atomic mass is 16.5. The zero-order chi connectivity index (χ0) is 30.6. The average Bonchev–Trinajstić information content (AvgIpc) is 2.90. The van der Waals surface area contributed by atoms with Crippen molar-refractivity contribution >= 4 is 29.7 Å². The molecule has 1 aliphatic rings. The van der Waals surface area contributed by atoms with Gasteiger partial charge in [-0.15, -0.1) is 0 Å². The predicted octanol–water partition coefficient (Wildman–Crippen LogP) is -1.71. The van der Waals surface area contributed by atoms with Crippen LogP contribution in [0, 0.1) is 0 Å². The summed E-state index contributed by atoms with van der Waals surface area (Å²) < 4.78 is 5.21. The van der Waals surface area contributed by atoms with Crippen molar-refractivity contribution in [3.05, 3.63) is 0 Å². The molecule has 2 amide bonds. The maximum absolute atomic E-state index is 12.9. The van der Waals surface area contributed by atoms with Gasteiger partial charge in [0.2, 0.25) is 11.8 Å². The number of rotatable bonds is 17. The molecule has 0 radical (unpaired) electrons. The topological polar surface area (TPSA) is 192 Å². The Hall–Kier alpha value is -2.85. The highest BCUT2D eigenvalue weighted by Gasteiger charge is 2.24. The standard InChI is InChI=1S/C26H48N6O9/c1-3-29-9-11-30(13-14-32(20-25(37)38)16-15-31(12-10-29)19-24(35)36)18-23(34)28-21(26(39)40)6-7-22(33)27-8-5-17-41-4-2/h21H,3-20H2,1-2H3,(H,27,33)(H,28,34)(H,35,36)(H,37,38)(H,39,40)/t21-/m0/s1. The second-order valence-corrected chi connectivity index (χ2v) is 9.95. The Balaban J connectivity index is 2.76. The number of carbonyl (C=O) groups is 5. The first-order chi connectivity index (χ1) is 19.5. The van der Waals surface area contributed by atoms with Gasteiger partial charge in [-0.2, -0.15) is 0 Å². The number of carbonyl (C=O) groups excluding carboxylic acids is 2. The van der Waals surface area contributed by atoms with Crippen LogP contribution >= 0.6 is 0 Å². The van der Waals surface area contributed by atoms with Gasteiger partial charge in [0.15, 0.2) is 0 Å². The number of hydrogen-bond donors (Lipinski definition) is 5. The molecule has 0 aromatic carbocycles. The number of carboxylic acids is 3. The van der Waals surface area contributed by atoms with Gasteiger partial charge in [0.25, 0.3) is 0 Å². The number of carboxylic acid groups (broad SMARTS) is 3. The first-order valence-corrected chi connectivity index (χ1v) is 14.2. The lowest BCUT2D eigenvalue weighted by molar-refractivity contribution is -0.142. The van der Waals surface area contributed by atoms with Gasteiger partial charge < -0.3 is 35.6 Å². The molecular weight excluding hydrogens is 540 g/mol. The van der Waals surface area contributed by atoms with Crippen LogP contribution in [0.15, 0.2) is 0 Å². The number of hydrogen-bond acceptors (Lipinski definition) is 10. The lowest BCUT2D eigenvalue weighted by atomic mass is 10.1. The Morgan fingerprint density at radius 2 is 1.22 bits per heavy atom. The number of ether oxygens (including phenoxy) is 1. The minimum absolute atomic E-state index is 0.0515. The lowest BCUT2D eigenvalue weighted by Gasteiger charge is -2.33. The zero-order valence-corrected chi connectivity index (χ0v) is 24.4. The van der Waals surface area contributed by atoms with Crippen LogP contribution in [-0.4, -0.2) is 169 Å². The Morgan fingerprint density at radius 3 is 1.66 bits per heavy atom. The molecule has 15 nitrogen and oxygen atoms in total. The van der Waals surface area contributed by atoms with Gasteiger partial charge >= 0.3 is 17.9 Å². The van der Waals surface area contributed by atoms with Crippen molar-refractivity contribution in [2.75, 3.05) is 98.3 Å². The van der Waals surface area contributed by atoms with Crippen molar-refractivity contribution < 1.29 is 44.0 Å². The molecule has 41 heavy (non-hydrogen) atoms. The van der Waals surface area contributed by atoms with E-state index < -0.39 is 29.9 Å².